The third-order valence-electron chi connectivity index (χ3n) is 5.63. The third kappa shape index (κ3) is 3.29. The fourth-order valence-corrected chi connectivity index (χ4v) is 4.09. The summed E-state index contributed by atoms with van der Waals surface area (Å²) in [4.78, 5) is 14.6. The Labute approximate surface area is 164 Å². The summed E-state index contributed by atoms with van der Waals surface area (Å²) in [5.41, 5.74) is 4.30. The van der Waals surface area contributed by atoms with Crippen LogP contribution in [-0.2, 0) is 17.6 Å². The summed E-state index contributed by atoms with van der Waals surface area (Å²) in [5.74, 6) is 1.86. The fourth-order valence-electron chi connectivity index (χ4n) is 4.09. The second kappa shape index (κ2) is 7.36. The van der Waals surface area contributed by atoms with Gasteiger partial charge < -0.3 is 24.4 Å². The van der Waals surface area contributed by atoms with Gasteiger partial charge in [-0.25, -0.2) is 4.79 Å². The number of hydrogen-bond acceptors (Lipinski definition) is 5. The van der Waals surface area contributed by atoms with Crippen molar-refractivity contribution in [1.82, 2.24) is 10.2 Å². The Morgan fingerprint density at radius 1 is 0.929 bits per heavy atom. The molecule has 3 heterocycles. The average Bonchev–Trinajstić information content (AvgIpc) is 3.40. The first-order valence-electron chi connectivity index (χ1n) is 9.95. The van der Waals surface area contributed by atoms with E-state index in [0.29, 0.717) is 26.3 Å². The minimum Gasteiger partial charge on any atom is -0.493 e. The van der Waals surface area contributed by atoms with E-state index in [1.807, 2.05) is 24.3 Å². The third-order valence-corrected chi connectivity index (χ3v) is 5.63. The van der Waals surface area contributed by atoms with E-state index in [1.165, 1.54) is 11.1 Å². The normalized spacial score (nSPS) is 17.7. The minimum absolute atomic E-state index is 0.264. The van der Waals surface area contributed by atoms with Crippen molar-refractivity contribution in [2.24, 2.45) is 0 Å². The maximum atomic E-state index is 12.8. The van der Waals surface area contributed by atoms with Gasteiger partial charge in [0.25, 0.3) is 0 Å². The largest absolute Gasteiger partial charge is 0.493 e. The molecule has 0 spiro atoms. The smallest absolute Gasteiger partial charge is 0.410 e. The molecule has 6 heteroatoms. The lowest BCUT2D eigenvalue weighted by molar-refractivity contribution is 0.0735. The highest BCUT2D eigenvalue weighted by Gasteiger charge is 2.27. The first-order valence-corrected chi connectivity index (χ1v) is 9.95. The molecule has 6 nitrogen and oxygen atoms in total. The highest BCUT2D eigenvalue weighted by molar-refractivity contribution is 5.68. The lowest BCUT2D eigenvalue weighted by Crippen LogP contribution is -2.46. The van der Waals surface area contributed by atoms with Gasteiger partial charge in [-0.2, -0.15) is 0 Å². The number of piperazine rings is 1. The lowest BCUT2D eigenvalue weighted by atomic mass is 9.97. The molecule has 2 aromatic carbocycles. The van der Waals surface area contributed by atoms with Crippen LogP contribution < -0.4 is 14.8 Å². The van der Waals surface area contributed by atoms with E-state index in [-0.39, 0.29) is 6.09 Å². The van der Waals surface area contributed by atoms with Gasteiger partial charge in [0.1, 0.15) is 11.5 Å². The van der Waals surface area contributed by atoms with Gasteiger partial charge in [0.2, 0.25) is 0 Å². The Kier molecular flexibility index (Phi) is 4.56. The predicted molar refractivity (Wildman–Crippen MR) is 104 cm³/mol. The van der Waals surface area contributed by atoms with Crippen LogP contribution in [0.15, 0.2) is 36.4 Å². The van der Waals surface area contributed by atoms with Crippen molar-refractivity contribution < 1.29 is 19.0 Å². The topological polar surface area (TPSA) is 60.0 Å². The summed E-state index contributed by atoms with van der Waals surface area (Å²) < 4.78 is 17.3. The van der Waals surface area contributed by atoms with Crippen molar-refractivity contribution in [3.63, 3.8) is 0 Å². The van der Waals surface area contributed by atoms with Crippen LogP contribution in [0, 0.1) is 0 Å². The molecular formula is C22H24N2O4. The highest BCUT2D eigenvalue weighted by atomic mass is 16.6. The average molecular weight is 380 g/mol. The first kappa shape index (κ1) is 17.4. The zero-order chi connectivity index (χ0) is 18.9. The molecule has 0 bridgehead atoms. The first-order chi connectivity index (χ1) is 13.8. The molecule has 3 aliphatic heterocycles. The van der Waals surface area contributed by atoms with E-state index in [0.717, 1.165) is 48.6 Å². The summed E-state index contributed by atoms with van der Waals surface area (Å²) in [5, 5.41) is 3.27. The molecule has 0 aromatic heterocycles. The second-order valence-electron chi connectivity index (χ2n) is 7.43. The number of fused-ring (bicyclic) bond motifs is 2. The standard InChI is InChI=1S/C22H24N2O4/c25-22(24-9-7-23-8-10-24)28-21(17-1-3-19-15(13-17)5-11-26-19)18-2-4-20-16(14-18)6-12-27-20/h1-4,13-14,21,23H,5-12H2. The van der Waals surface area contributed by atoms with Crippen molar-refractivity contribution in [1.29, 1.82) is 0 Å². The number of carbonyl (C=O) groups is 1. The van der Waals surface area contributed by atoms with E-state index in [2.05, 4.69) is 17.4 Å². The molecule has 28 heavy (non-hydrogen) atoms. The molecule has 1 N–H and O–H groups in total. The van der Waals surface area contributed by atoms with E-state index in [1.54, 1.807) is 4.90 Å². The molecular weight excluding hydrogens is 356 g/mol. The Morgan fingerprint density at radius 2 is 1.50 bits per heavy atom. The number of nitrogens with zero attached hydrogens (tertiary/aromatic N) is 1. The number of carbonyl (C=O) groups excluding carboxylic acids is 1. The Bertz CT molecular complexity index is 835. The SMILES string of the molecule is O=C(OC(c1ccc2c(c1)CCO2)c1ccc2c(c1)CCO2)N1CCNCC1. The van der Waals surface area contributed by atoms with E-state index < -0.39 is 6.10 Å². The zero-order valence-corrected chi connectivity index (χ0v) is 15.8. The molecule has 1 fully saturated rings. The maximum Gasteiger partial charge on any atom is 0.410 e. The van der Waals surface area contributed by atoms with Crippen LogP contribution in [0.5, 0.6) is 11.5 Å². The number of ether oxygens (including phenoxy) is 3. The van der Waals surface area contributed by atoms with Crippen LogP contribution in [0.2, 0.25) is 0 Å². The van der Waals surface area contributed by atoms with E-state index >= 15 is 0 Å². The van der Waals surface area contributed by atoms with Crippen molar-refractivity contribution in [3.05, 3.63) is 58.7 Å². The summed E-state index contributed by atoms with van der Waals surface area (Å²) in [6, 6.07) is 12.2. The van der Waals surface area contributed by atoms with Crippen LogP contribution in [0.25, 0.3) is 0 Å². The fraction of sp³-hybridized carbons (Fsp3) is 0.409. The number of amides is 1. The van der Waals surface area contributed by atoms with Crippen LogP contribution in [0.3, 0.4) is 0 Å². The summed E-state index contributed by atoms with van der Waals surface area (Å²) in [7, 11) is 0. The number of nitrogens with one attached hydrogen (secondary N) is 1. The van der Waals surface area contributed by atoms with Gasteiger partial charge in [0.15, 0.2) is 6.10 Å². The van der Waals surface area contributed by atoms with Crippen LogP contribution in [-0.4, -0.2) is 50.4 Å². The molecule has 0 aliphatic carbocycles. The lowest BCUT2D eigenvalue weighted by Gasteiger charge is -2.29. The van der Waals surface area contributed by atoms with Gasteiger partial charge >= 0.3 is 6.09 Å². The Morgan fingerprint density at radius 3 is 2.07 bits per heavy atom. The molecule has 0 radical (unpaired) electrons. The van der Waals surface area contributed by atoms with Crippen LogP contribution >= 0.6 is 0 Å². The molecule has 1 amide bonds. The van der Waals surface area contributed by atoms with Gasteiger partial charge in [-0.3, -0.25) is 0 Å². The Hall–Kier alpha value is -2.73. The monoisotopic (exact) mass is 380 g/mol. The van der Waals surface area contributed by atoms with Crippen molar-refractivity contribution >= 4 is 6.09 Å². The van der Waals surface area contributed by atoms with Gasteiger partial charge in [-0.15, -0.1) is 0 Å². The minimum atomic E-state index is -0.445. The van der Waals surface area contributed by atoms with E-state index in [4.69, 9.17) is 14.2 Å². The van der Waals surface area contributed by atoms with Crippen molar-refractivity contribution in [3.8, 4) is 11.5 Å². The van der Waals surface area contributed by atoms with Gasteiger partial charge in [-0.05, 0) is 46.5 Å². The molecule has 0 unspecified atom stereocenters. The molecule has 1 saturated heterocycles. The summed E-state index contributed by atoms with van der Waals surface area (Å²) in [6.07, 6.45) is 1.07. The molecule has 0 atom stereocenters. The highest BCUT2D eigenvalue weighted by Crippen LogP contribution is 2.35. The molecule has 0 saturated carbocycles. The van der Waals surface area contributed by atoms with Gasteiger partial charge in [0.05, 0.1) is 13.2 Å². The van der Waals surface area contributed by atoms with Gasteiger partial charge in [0, 0.05) is 39.0 Å². The Balaban J connectivity index is 1.47. The van der Waals surface area contributed by atoms with E-state index in [9.17, 15) is 4.79 Å². The van der Waals surface area contributed by atoms with Crippen molar-refractivity contribution in [2.75, 3.05) is 39.4 Å². The second-order valence-corrected chi connectivity index (χ2v) is 7.43. The number of hydrogen-bond donors (Lipinski definition) is 1. The van der Waals surface area contributed by atoms with Crippen LogP contribution in [0.4, 0.5) is 4.79 Å². The quantitative estimate of drug-likeness (QED) is 0.887. The predicted octanol–water partition coefficient (Wildman–Crippen LogP) is 2.69. The zero-order valence-electron chi connectivity index (χ0n) is 15.8. The molecule has 3 aliphatic rings. The number of benzene rings is 2. The van der Waals surface area contributed by atoms with Gasteiger partial charge in [-0.1, -0.05) is 12.1 Å². The summed E-state index contributed by atoms with van der Waals surface area (Å²) >= 11 is 0. The maximum absolute atomic E-state index is 12.8. The number of rotatable bonds is 3. The molecule has 146 valence electrons. The molecule has 5 rings (SSSR count). The van der Waals surface area contributed by atoms with Crippen molar-refractivity contribution in [2.45, 2.75) is 18.9 Å². The molecule has 2 aromatic rings. The van der Waals surface area contributed by atoms with Crippen LogP contribution in [0.1, 0.15) is 28.4 Å². The summed E-state index contributed by atoms with van der Waals surface area (Å²) in [6.45, 7) is 4.35.